The molecular formula is C32H34N6O3. The Hall–Kier alpha value is -4.21. The monoisotopic (exact) mass is 550 g/mol. The number of nitrogens with zero attached hydrogens (tertiary/aromatic N) is 5. The van der Waals surface area contributed by atoms with Gasteiger partial charge < -0.3 is 9.47 Å². The molecule has 1 N–H and O–H groups in total. The number of aryl methyl sites for hydroxylation is 1. The van der Waals surface area contributed by atoms with E-state index in [4.69, 9.17) is 14.5 Å². The van der Waals surface area contributed by atoms with Gasteiger partial charge in [0, 0.05) is 25.7 Å². The van der Waals surface area contributed by atoms with Crippen molar-refractivity contribution in [2.45, 2.75) is 57.8 Å². The average molecular weight is 551 g/mol. The van der Waals surface area contributed by atoms with E-state index in [1.54, 1.807) is 7.11 Å². The second-order valence-electron chi connectivity index (χ2n) is 10.5. The van der Waals surface area contributed by atoms with Crippen LogP contribution in [0.5, 0.6) is 0 Å². The SMILES string of the molecule is CCCCc1nc2ccc(C(OC)C3CCCO3)cc2c(=O)n1Cc1ccc(-c2ccccc2-c2nn[nH]n2)cc1. The summed E-state index contributed by atoms with van der Waals surface area (Å²) in [6, 6.07) is 22.2. The molecule has 2 unspecified atom stereocenters. The number of ether oxygens (including phenoxy) is 2. The largest absolute Gasteiger partial charge is 0.375 e. The number of nitrogens with one attached hydrogen (secondary N) is 1. The number of aromatic nitrogens is 6. The Morgan fingerprint density at radius 2 is 1.93 bits per heavy atom. The minimum Gasteiger partial charge on any atom is -0.375 e. The maximum Gasteiger partial charge on any atom is 0.261 e. The van der Waals surface area contributed by atoms with Gasteiger partial charge in [-0.05, 0) is 58.9 Å². The molecule has 3 heterocycles. The average Bonchev–Trinajstić information content (AvgIpc) is 3.74. The van der Waals surface area contributed by atoms with Crippen LogP contribution in [0.3, 0.4) is 0 Å². The van der Waals surface area contributed by atoms with Crippen LogP contribution in [-0.2, 0) is 22.4 Å². The van der Waals surface area contributed by atoms with Crippen molar-refractivity contribution in [2.24, 2.45) is 0 Å². The van der Waals surface area contributed by atoms with Gasteiger partial charge in [-0.25, -0.2) is 4.98 Å². The quantitative estimate of drug-likeness (QED) is 0.245. The number of hydrogen-bond acceptors (Lipinski definition) is 7. The number of tetrazole rings is 1. The Morgan fingerprint density at radius 3 is 2.63 bits per heavy atom. The van der Waals surface area contributed by atoms with E-state index in [-0.39, 0.29) is 17.8 Å². The predicted molar refractivity (Wildman–Crippen MR) is 157 cm³/mol. The fraction of sp³-hybridized carbons (Fsp3) is 0.344. The lowest BCUT2D eigenvalue weighted by molar-refractivity contribution is -0.0283. The van der Waals surface area contributed by atoms with Crippen molar-refractivity contribution in [2.75, 3.05) is 13.7 Å². The van der Waals surface area contributed by atoms with Gasteiger partial charge in [-0.3, -0.25) is 9.36 Å². The molecule has 1 fully saturated rings. The Bertz CT molecular complexity index is 1670. The molecule has 41 heavy (non-hydrogen) atoms. The van der Waals surface area contributed by atoms with Gasteiger partial charge in [0.25, 0.3) is 5.56 Å². The van der Waals surface area contributed by atoms with E-state index in [0.717, 1.165) is 77.9 Å². The van der Waals surface area contributed by atoms with Crippen LogP contribution < -0.4 is 5.56 Å². The smallest absolute Gasteiger partial charge is 0.261 e. The van der Waals surface area contributed by atoms with Gasteiger partial charge in [-0.2, -0.15) is 5.21 Å². The molecule has 9 heteroatoms. The minimum atomic E-state index is -0.211. The second-order valence-corrected chi connectivity index (χ2v) is 10.5. The normalized spacial score (nSPS) is 15.9. The maximum absolute atomic E-state index is 14.0. The highest BCUT2D eigenvalue weighted by atomic mass is 16.5. The fourth-order valence-corrected chi connectivity index (χ4v) is 5.67. The van der Waals surface area contributed by atoms with Crippen molar-refractivity contribution >= 4 is 10.9 Å². The summed E-state index contributed by atoms with van der Waals surface area (Å²) in [5, 5.41) is 15.1. The summed E-state index contributed by atoms with van der Waals surface area (Å²) in [7, 11) is 1.70. The van der Waals surface area contributed by atoms with Gasteiger partial charge in [0.05, 0.1) is 23.6 Å². The summed E-state index contributed by atoms with van der Waals surface area (Å²) in [4.78, 5) is 19.0. The fourth-order valence-electron chi connectivity index (χ4n) is 5.67. The van der Waals surface area contributed by atoms with Crippen molar-refractivity contribution < 1.29 is 9.47 Å². The second kappa shape index (κ2) is 12.1. The van der Waals surface area contributed by atoms with Crippen molar-refractivity contribution in [3.63, 3.8) is 0 Å². The number of unbranched alkanes of at least 4 members (excludes halogenated alkanes) is 1. The van der Waals surface area contributed by atoms with Gasteiger partial charge >= 0.3 is 0 Å². The van der Waals surface area contributed by atoms with Crippen molar-refractivity contribution in [1.82, 2.24) is 30.2 Å². The highest BCUT2D eigenvalue weighted by Crippen LogP contribution is 2.32. The van der Waals surface area contributed by atoms with Gasteiger partial charge in [-0.1, -0.05) is 67.9 Å². The lowest BCUT2D eigenvalue weighted by Gasteiger charge is -2.22. The molecule has 2 atom stereocenters. The minimum absolute atomic E-state index is 0.000164. The molecule has 1 saturated heterocycles. The molecule has 1 aliphatic rings. The lowest BCUT2D eigenvalue weighted by Crippen LogP contribution is -2.26. The number of H-pyrrole nitrogens is 1. The van der Waals surface area contributed by atoms with Gasteiger partial charge in [0.1, 0.15) is 11.9 Å². The van der Waals surface area contributed by atoms with E-state index >= 15 is 0 Å². The van der Waals surface area contributed by atoms with E-state index in [2.05, 4.69) is 51.8 Å². The highest BCUT2D eigenvalue weighted by molar-refractivity contribution is 5.80. The molecule has 5 aromatic rings. The molecule has 0 bridgehead atoms. The molecule has 0 spiro atoms. The molecule has 210 valence electrons. The molecule has 0 radical (unpaired) electrons. The first-order valence-corrected chi connectivity index (χ1v) is 14.3. The zero-order valence-electron chi connectivity index (χ0n) is 23.4. The Morgan fingerprint density at radius 1 is 1.10 bits per heavy atom. The van der Waals surface area contributed by atoms with Gasteiger partial charge in [0.15, 0.2) is 0 Å². The van der Waals surface area contributed by atoms with E-state index in [1.165, 1.54) is 0 Å². The third-order valence-electron chi connectivity index (χ3n) is 7.82. The van der Waals surface area contributed by atoms with Crippen molar-refractivity contribution in [3.8, 4) is 22.5 Å². The van der Waals surface area contributed by atoms with Crippen LogP contribution in [0, 0.1) is 0 Å². The van der Waals surface area contributed by atoms with Crippen LogP contribution in [-0.4, -0.2) is 50.0 Å². The van der Waals surface area contributed by atoms with Crippen LogP contribution >= 0.6 is 0 Å². The third-order valence-corrected chi connectivity index (χ3v) is 7.82. The Labute approximate surface area is 238 Å². The molecule has 0 amide bonds. The molecule has 0 saturated carbocycles. The van der Waals surface area contributed by atoms with Crippen LogP contribution in [0.15, 0.2) is 71.5 Å². The number of methoxy groups -OCH3 is 1. The van der Waals surface area contributed by atoms with E-state index in [1.807, 2.05) is 47.0 Å². The summed E-state index contributed by atoms with van der Waals surface area (Å²) >= 11 is 0. The van der Waals surface area contributed by atoms with Crippen molar-refractivity contribution in [3.05, 3.63) is 94.0 Å². The van der Waals surface area contributed by atoms with E-state index in [0.29, 0.717) is 17.8 Å². The third kappa shape index (κ3) is 5.55. The first-order chi connectivity index (χ1) is 20.2. The van der Waals surface area contributed by atoms with Gasteiger partial charge in [0.2, 0.25) is 5.82 Å². The van der Waals surface area contributed by atoms with Crippen molar-refractivity contribution in [1.29, 1.82) is 0 Å². The first kappa shape index (κ1) is 27.0. The summed E-state index contributed by atoms with van der Waals surface area (Å²) in [6.45, 7) is 3.34. The number of rotatable bonds is 10. The van der Waals surface area contributed by atoms with Crippen LogP contribution in [0.1, 0.15) is 55.7 Å². The number of aromatic amines is 1. The summed E-state index contributed by atoms with van der Waals surface area (Å²) in [6.07, 6.45) is 4.50. The van der Waals surface area contributed by atoms with Crippen LogP contribution in [0.4, 0.5) is 0 Å². The van der Waals surface area contributed by atoms with Crippen LogP contribution in [0.25, 0.3) is 33.4 Å². The number of fused-ring (bicyclic) bond motifs is 1. The summed E-state index contributed by atoms with van der Waals surface area (Å²) in [5.41, 5.74) is 5.61. The molecule has 6 rings (SSSR count). The lowest BCUT2D eigenvalue weighted by atomic mass is 9.98. The molecule has 3 aromatic carbocycles. The number of hydrogen-bond donors (Lipinski definition) is 1. The standard InChI is InChI=1S/C32H34N6O3/c1-3-4-11-29-33-27-17-16-23(30(40-2)28-10-7-18-41-28)19-26(27)32(39)38(29)20-21-12-14-22(15-13-21)24-8-5-6-9-25(24)31-34-36-37-35-31/h5-6,8-9,12-17,19,28,30H,3-4,7,10-11,18,20H2,1-2H3,(H,34,35,36,37). The summed E-state index contributed by atoms with van der Waals surface area (Å²) < 4.78 is 13.6. The molecular weight excluding hydrogens is 516 g/mol. The zero-order chi connectivity index (χ0) is 28.2. The molecule has 1 aliphatic heterocycles. The van der Waals surface area contributed by atoms with E-state index < -0.39 is 0 Å². The maximum atomic E-state index is 14.0. The van der Waals surface area contributed by atoms with E-state index in [9.17, 15) is 4.79 Å². The summed E-state index contributed by atoms with van der Waals surface area (Å²) in [5.74, 6) is 1.36. The van der Waals surface area contributed by atoms with Gasteiger partial charge in [-0.15, -0.1) is 10.2 Å². The zero-order valence-corrected chi connectivity index (χ0v) is 23.4. The Balaban J connectivity index is 1.35. The highest BCUT2D eigenvalue weighted by Gasteiger charge is 2.28. The number of benzene rings is 3. The topological polar surface area (TPSA) is 108 Å². The Kier molecular flexibility index (Phi) is 7.98. The molecule has 9 nitrogen and oxygen atoms in total. The molecule has 2 aromatic heterocycles. The molecule has 0 aliphatic carbocycles. The predicted octanol–water partition coefficient (Wildman–Crippen LogP) is 5.50. The first-order valence-electron chi connectivity index (χ1n) is 14.3. The van der Waals surface area contributed by atoms with Crippen LogP contribution in [0.2, 0.25) is 0 Å².